The maximum absolute atomic E-state index is 12.6. The van der Waals surface area contributed by atoms with Gasteiger partial charge in [0.25, 0.3) is 5.56 Å². The van der Waals surface area contributed by atoms with E-state index in [-0.39, 0.29) is 11.5 Å². The molecule has 0 amide bonds. The van der Waals surface area contributed by atoms with E-state index in [1.54, 1.807) is 24.3 Å². The van der Waals surface area contributed by atoms with E-state index in [4.69, 9.17) is 4.74 Å². The number of ether oxygens (including phenoxy) is 1. The van der Waals surface area contributed by atoms with Crippen LogP contribution in [0, 0.1) is 0 Å². The molecule has 0 saturated heterocycles. The first-order valence-corrected chi connectivity index (χ1v) is 9.13. The Morgan fingerprint density at radius 3 is 2.74 bits per heavy atom. The molecule has 2 heterocycles. The van der Waals surface area contributed by atoms with Crippen molar-refractivity contribution in [3.8, 4) is 5.75 Å². The summed E-state index contributed by atoms with van der Waals surface area (Å²) >= 11 is 1.28. The Labute approximate surface area is 158 Å². The Balaban J connectivity index is 1.66. The van der Waals surface area contributed by atoms with Crippen LogP contribution < -0.4 is 14.8 Å². The van der Waals surface area contributed by atoms with E-state index < -0.39 is 0 Å². The van der Waals surface area contributed by atoms with E-state index >= 15 is 0 Å². The summed E-state index contributed by atoms with van der Waals surface area (Å²) in [5, 5.41) is 4.34. The highest BCUT2D eigenvalue weighted by molar-refractivity contribution is 7.15. The quantitative estimate of drug-likeness (QED) is 0.403. The second-order valence-corrected chi connectivity index (χ2v) is 6.98. The van der Waals surface area contributed by atoms with Gasteiger partial charge in [0.15, 0.2) is 5.82 Å². The molecule has 0 spiro atoms. The Kier molecular flexibility index (Phi) is 4.52. The first-order chi connectivity index (χ1) is 13.1. The van der Waals surface area contributed by atoms with Crippen LogP contribution in [0.2, 0.25) is 0 Å². The normalized spacial score (nSPS) is 11.8. The zero-order chi connectivity index (χ0) is 18.8. The van der Waals surface area contributed by atoms with Gasteiger partial charge in [0, 0.05) is 13.3 Å². The van der Waals surface area contributed by atoms with Crippen LogP contribution in [0.15, 0.2) is 59.4 Å². The number of hydrogen-bond donors (Lipinski definition) is 0. The molecule has 27 heavy (non-hydrogen) atoms. The van der Waals surface area contributed by atoms with Gasteiger partial charge in [0.05, 0.1) is 4.53 Å². The Hall–Kier alpha value is -3.32. The van der Waals surface area contributed by atoms with Crippen molar-refractivity contribution in [1.29, 1.82) is 0 Å². The smallest absolute Gasteiger partial charge is 0.308 e. The maximum Gasteiger partial charge on any atom is 0.308 e. The van der Waals surface area contributed by atoms with Crippen molar-refractivity contribution in [3.63, 3.8) is 0 Å². The molecule has 2 aromatic carbocycles. The van der Waals surface area contributed by atoms with E-state index in [1.165, 1.54) is 22.8 Å². The number of benzene rings is 2. The molecule has 2 aromatic heterocycles. The van der Waals surface area contributed by atoms with Crippen molar-refractivity contribution >= 4 is 28.3 Å². The molecule has 4 aromatic rings. The highest BCUT2D eigenvalue weighted by atomic mass is 32.1. The lowest BCUT2D eigenvalue weighted by molar-refractivity contribution is -0.131. The minimum absolute atomic E-state index is 0.209. The highest BCUT2D eigenvalue weighted by Gasteiger charge is 2.11. The van der Waals surface area contributed by atoms with Gasteiger partial charge < -0.3 is 4.74 Å². The summed E-state index contributed by atoms with van der Waals surface area (Å²) in [7, 11) is 0. The number of hydrogen-bond acceptors (Lipinski definition) is 6. The highest BCUT2D eigenvalue weighted by Crippen LogP contribution is 2.14. The minimum atomic E-state index is -0.388. The molecule has 134 valence electrons. The number of thiazole rings is 1. The number of rotatable bonds is 4. The summed E-state index contributed by atoms with van der Waals surface area (Å²) in [6, 6.07) is 16.9. The molecule has 0 bridgehead atoms. The molecule has 0 aliphatic rings. The average molecular weight is 377 g/mol. The number of carbonyl (C=O) groups excluding carboxylic acids is 1. The van der Waals surface area contributed by atoms with Crippen molar-refractivity contribution in [2.45, 2.75) is 13.3 Å². The molecule has 0 atom stereocenters. The van der Waals surface area contributed by atoms with E-state index in [0.717, 1.165) is 11.1 Å². The monoisotopic (exact) mass is 377 g/mol. The molecular formula is C20H15N3O3S. The molecule has 7 heteroatoms. The van der Waals surface area contributed by atoms with Gasteiger partial charge in [-0.25, -0.2) is 4.98 Å². The molecule has 0 saturated carbocycles. The Morgan fingerprint density at radius 2 is 2.00 bits per heavy atom. The van der Waals surface area contributed by atoms with Crippen molar-refractivity contribution in [2.24, 2.45) is 0 Å². The molecule has 4 rings (SSSR count). The number of aromatic nitrogens is 3. The van der Waals surface area contributed by atoms with Crippen LogP contribution in [0.3, 0.4) is 0 Å². The SMILES string of the molecule is CC(=O)Oc1cccc(/C=c2\sc3nc(Cc4ccccc4)nn3c2=O)c1. The van der Waals surface area contributed by atoms with Crippen molar-refractivity contribution in [3.05, 3.63) is 86.4 Å². The summed E-state index contributed by atoms with van der Waals surface area (Å²) in [4.78, 5) is 28.7. The van der Waals surface area contributed by atoms with Crippen LogP contribution in [0.5, 0.6) is 5.75 Å². The summed E-state index contributed by atoms with van der Waals surface area (Å²) in [5.41, 5.74) is 1.65. The Morgan fingerprint density at radius 1 is 1.19 bits per heavy atom. The van der Waals surface area contributed by atoms with E-state index in [9.17, 15) is 9.59 Å². The summed E-state index contributed by atoms with van der Waals surface area (Å²) < 4.78 is 6.94. The fourth-order valence-corrected chi connectivity index (χ4v) is 3.64. The van der Waals surface area contributed by atoms with Gasteiger partial charge in [0.2, 0.25) is 4.96 Å². The topological polar surface area (TPSA) is 73.6 Å². The molecule has 6 nitrogen and oxygen atoms in total. The third kappa shape index (κ3) is 3.78. The van der Waals surface area contributed by atoms with E-state index in [0.29, 0.717) is 27.5 Å². The molecule has 0 radical (unpaired) electrons. The Bertz CT molecular complexity index is 1230. The first-order valence-electron chi connectivity index (χ1n) is 8.31. The van der Waals surface area contributed by atoms with Crippen LogP contribution in [0.4, 0.5) is 0 Å². The molecular weight excluding hydrogens is 362 g/mol. The zero-order valence-corrected chi connectivity index (χ0v) is 15.3. The van der Waals surface area contributed by atoms with Gasteiger partial charge in [0.1, 0.15) is 5.75 Å². The van der Waals surface area contributed by atoms with Crippen LogP contribution in [0.25, 0.3) is 11.0 Å². The molecule has 0 aliphatic heterocycles. The van der Waals surface area contributed by atoms with Gasteiger partial charge in [-0.2, -0.15) is 4.52 Å². The van der Waals surface area contributed by atoms with E-state index in [1.807, 2.05) is 36.4 Å². The first kappa shape index (κ1) is 17.1. The van der Waals surface area contributed by atoms with Crippen LogP contribution in [-0.2, 0) is 11.2 Å². The van der Waals surface area contributed by atoms with Gasteiger partial charge in [-0.05, 0) is 29.3 Å². The van der Waals surface area contributed by atoms with Gasteiger partial charge in [-0.1, -0.05) is 53.8 Å². The van der Waals surface area contributed by atoms with Crippen LogP contribution >= 0.6 is 11.3 Å². The minimum Gasteiger partial charge on any atom is -0.427 e. The van der Waals surface area contributed by atoms with Crippen LogP contribution in [0.1, 0.15) is 23.9 Å². The predicted molar refractivity (Wildman–Crippen MR) is 103 cm³/mol. The second kappa shape index (κ2) is 7.13. The predicted octanol–water partition coefficient (Wildman–Crippen LogP) is 2.21. The van der Waals surface area contributed by atoms with Crippen molar-refractivity contribution < 1.29 is 9.53 Å². The fraction of sp³-hybridized carbons (Fsp3) is 0.100. The van der Waals surface area contributed by atoms with Gasteiger partial charge in [-0.3, -0.25) is 9.59 Å². The second-order valence-electron chi connectivity index (χ2n) is 5.97. The summed E-state index contributed by atoms with van der Waals surface area (Å²) in [6.07, 6.45) is 2.32. The summed E-state index contributed by atoms with van der Waals surface area (Å²) in [5.74, 6) is 0.669. The lowest BCUT2D eigenvalue weighted by Gasteiger charge is -2.01. The standard InChI is InChI=1S/C20H15N3O3S/c1-13(24)26-16-9-5-8-15(10-16)11-17-19(25)23-20(27-17)21-18(22-23)12-14-6-3-2-4-7-14/h2-11H,12H2,1H3/b17-11-. The summed E-state index contributed by atoms with van der Waals surface area (Å²) in [6.45, 7) is 1.35. The number of nitrogens with zero attached hydrogens (tertiary/aromatic N) is 3. The molecule has 0 unspecified atom stereocenters. The zero-order valence-electron chi connectivity index (χ0n) is 14.5. The van der Waals surface area contributed by atoms with Crippen LogP contribution in [-0.4, -0.2) is 20.6 Å². The number of carbonyl (C=O) groups is 1. The fourth-order valence-electron chi connectivity index (χ4n) is 2.71. The number of esters is 1. The third-order valence-electron chi connectivity index (χ3n) is 3.85. The lowest BCUT2D eigenvalue weighted by Crippen LogP contribution is -2.23. The third-order valence-corrected chi connectivity index (χ3v) is 4.81. The number of fused-ring (bicyclic) bond motifs is 1. The van der Waals surface area contributed by atoms with Gasteiger partial charge >= 0.3 is 5.97 Å². The maximum atomic E-state index is 12.6. The molecule has 0 N–H and O–H groups in total. The molecule has 0 fully saturated rings. The van der Waals surface area contributed by atoms with Gasteiger partial charge in [-0.15, -0.1) is 5.10 Å². The van der Waals surface area contributed by atoms with E-state index in [2.05, 4.69) is 10.1 Å². The average Bonchev–Trinajstić information content (AvgIpc) is 3.15. The largest absolute Gasteiger partial charge is 0.427 e. The molecule has 0 aliphatic carbocycles. The van der Waals surface area contributed by atoms with Crippen molar-refractivity contribution in [1.82, 2.24) is 14.6 Å². The lowest BCUT2D eigenvalue weighted by atomic mass is 10.1. The van der Waals surface area contributed by atoms with Crippen molar-refractivity contribution in [2.75, 3.05) is 0 Å².